The molecule has 2 N–H and O–H groups in total. The highest BCUT2D eigenvalue weighted by Gasteiger charge is 2.48. The van der Waals surface area contributed by atoms with Gasteiger partial charge >= 0.3 is 0 Å². The molecule has 144 valence electrons. The standard InChI is InChI=1S/C18H25ClN2O4S/c1-12-16(22)4-6-21(12)26(23,24)17-3-2-14(8-15(17)19)20-11-18-9-13(10-18)5-7-25-18/h2-3,8,12-13,16,20,22H,4-7,9-11H2,1H3/t12-,13?,16-,18?/m0/s1. The first-order valence-corrected chi connectivity index (χ1v) is 11.0. The van der Waals surface area contributed by atoms with E-state index in [2.05, 4.69) is 5.32 Å². The number of hydrogen-bond acceptors (Lipinski definition) is 5. The molecule has 26 heavy (non-hydrogen) atoms. The lowest BCUT2D eigenvalue weighted by Gasteiger charge is -2.52. The molecular weight excluding hydrogens is 376 g/mol. The molecule has 3 saturated heterocycles. The molecule has 0 amide bonds. The molecule has 3 heterocycles. The van der Waals surface area contributed by atoms with E-state index < -0.39 is 22.2 Å². The molecule has 6 nitrogen and oxygen atoms in total. The number of halogens is 1. The van der Waals surface area contributed by atoms with Crippen molar-refractivity contribution in [3.8, 4) is 0 Å². The Labute approximate surface area is 159 Å². The quantitative estimate of drug-likeness (QED) is 0.793. The summed E-state index contributed by atoms with van der Waals surface area (Å²) in [6.45, 7) is 3.56. The lowest BCUT2D eigenvalue weighted by molar-refractivity contribution is -0.168. The van der Waals surface area contributed by atoms with Crippen molar-refractivity contribution in [1.29, 1.82) is 0 Å². The normalized spacial score (nSPS) is 34.5. The summed E-state index contributed by atoms with van der Waals surface area (Å²) in [5, 5.41) is 13.4. The molecule has 5 rings (SSSR count). The van der Waals surface area contributed by atoms with Gasteiger partial charge in [-0.2, -0.15) is 4.31 Å². The Morgan fingerprint density at radius 2 is 2.15 bits per heavy atom. The number of ether oxygens (including phenoxy) is 1. The van der Waals surface area contributed by atoms with Gasteiger partial charge in [0.2, 0.25) is 10.0 Å². The van der Waals surface area contributed by atoms with Gasteiger partial charge in [0.1, 0.15) is 4.90 Å². The summed E-state index contributed by atoms with van der Waals surface area (Å²) in [5.74, 6) is 0.791. The topological polar surface area (TPSA) is 78.9 Å². The Balaban J connectivity index is 1.47. The van der Waals surface area contributed by atoms with Gasteiger partial charge in [0.15, 0.2) is 0 Å². The molecule has 8 heteroatoms. The molecule has 4 aliphatic rings. The molecule has 0 aromatic heterocycles. The largest absolute Gasteiger partial charge is 0.391 e. The van der Waals surface area contributed by atoms with Crippen molar-refractivity contribution in [3.63, 3.8) is 0 Å². The molecule has 1 aliphatic carbocycles. The molecule has 0 spiro atoms. The van der Waals surface area contributed by atoms with Crippen LogP contribution in [0.2, 0.25) is 5.02 Å². The van der Waals surface area contributed by atoms with Crippen LogP contribution in [0.25, 0.3) is 0 Å². The zero-order valence-electron chi connectivity index (χ0n) is 14.8. The maximum absolute atomic E-state index is 12.9. The molecular formula is C18H25ClN2O4S. The lowest BCUT2D eigenvalue weighted by Crippen LogP contribution is -2.55. The minimum atomic E-state index is -3.72. The van der Waals surface area contributed by atoms with Crippen LogP contribution >= 0.6 is 11.6 Å². The second kappa shape index (κ2) is 6.63. The number of sulfonamides is 1. The maximum atomic E-state index is 12.9. The number of aliphatic hydroxyl groups is 1. The van der Waals surface area contributed by atoms with Crippen LogP contribution in [0, 0.1) is 5.92 Å². The summed E-state index contributed by atoms with van der Waals surface area (Å²) in [6.07, 6.45) is 3.15. The van der Waals surface area contributed by atoms with E-state index in [1.807, 2.05) is 0 Å². The van der Waals surface area contributed by atoms with Gasteiger partial charge in [-0.15, -0.1) is 0 Å². The third-order valence-corrected chi connectivity index (χ3v) is 8.51. The SMILES string of the molecule is C[C@H]1[C@@H](O)CCN1S(=O)(=O)c1ccc(NCC23CC(CCO2)C3)cc1Cl. The fourth-order valence-electron chi connectivity index (χ4n) is 4.40. The minimum absolute atomic E-state index is 0.0682. The molecule has 0 radical (unpaired) electrons. The predicted molar refractivity (Wildman–Crippen MR) is 99.9 cm³/mol. The molecule has 1 aromatic rings. The van der Waals surface area contributed by atoms with Crippen molar-refractivity contribution in [2.75, 3.05) is 25.0 Å². The van der Waals surface area contributed by atoms with E-state index in [1.165, 1.54) is 4.31 Å². The Morgan fingerprint density at radius 1 is 1.38 bits per heavy atom. The van der Waals surface area contributed by atoms with Crippen LogP contribution in [0.4, 0.5) is 5.69 Å². The number of aliphatic hydroxyl groups excluding tert-OH is 1. The summed E-state index contributed by atoms with van der Waals surface area (Å²) >= 11 is 6.30. The fraction of sp³-hybridized carbons (Fsp3) is 0.667. The molecule has 3 aliphatic heterocycles. The number of benzene rings is 1. The first-order chi connectivity index (χ1) is 12.3. The Kier molecular flexibility index (Phi) is 4.72. The summed E-state index contributed by atoms with van der Waals surface area (Å²) in [5.41, 5.74) is 0.719. The third-order valence-electron chi connectivity index (χ3n) is 6.05. The molecule has 1 saturated carbocycles. The first kappa shape index (κ1) is 18.5. The molecule has 2 atom stereocenters. The van der Waals surface area contributed by atoms with Crippen LogP contribution in [0.1, 0.15) is 32.6 Å². The Hall–Kier alpha value is -0.860. The van der Waals surface area contributed by atoms with Gasteiger partial charge in [-0.25, -0.2) is 8.42 Å². The van der Waals surface area contributed by atoms with Gasteiger partial charge < -0.3 is 15.2 Å². The Morgan fingerprint density at radius 3 is 2.73 bits per heavy atom. The van der Waals surface area contributed by atoms with Crippen molar-refractivity contribution in [1.82, 2.24) is 4.31 Å². The smallest absolute Gasteiger partial charge is 0.244 e. The number of nitrogens with one attached hydrogen (secondary N) is 1. The van der Waals surface area contributed by atoms with Crippen LogP contribution in [0.5, 0.6) is 0 Å². The van der Waals surface area contributed by atoms with E-state index in [1.54, 1.807) is 25.1 Å². The summed E-state index contributed by atoms with van der Waals surface area (Å²) in [6, 6.07) is 4.50. The number of fused-ring (bicyclic) bond motifs is 2. The molecule has 0 unspecified atom stereocenters. The fourth-order valence-corrected chi connectivity index (χ4v) is 6.59. The average molecular weight is 401 g/mol. The van der Waals surface area contributed by atoms with Crippen molar-refractivity contribution in [2.45, 2.75) is 55.2 Å². The average Bonchev–Trinajstić information content (AvgIpc) is 2.92. The number of hydrogen-bond donors (Lipinski definition) is 2. The minimum Gasteiger partial charge on any atom is -0.391 e. The maximum Gasteiger partial charge on any atom is 0.244 e. The second-order valence-corrected chi connectivity index (χ2v) is 10.1. The van der Waals surface area contributed by atoms with Gasteiger partial charge in [0.05, 0.1) is 16.7 Å². The zero-order valence-corrected chi connectivity index (χ0v) is 16.4. The lowest BCUT2D eigenvalue weighted by atomic mass is 9.67. The highest BCUT2D eigenvalue weighted by molar-refractivity contribution is 7.89. The van der Waals surface area contributed by atoms with Crippen LogP contribution in [-0.4, -0.2) is 55.3 Å². The molecule has 4 fully saturated rings. The second-order valence-electron chi connectivity index (χ2n) is 7.81. The van der Waals surface area contributed by atoms with Gasteiger partial charge in [-0.05, 0) is 56.7 Å². The number of rotatable bonds is 5. The zero-order chi connectivity index (χ0) is 18.5. The van der Waals surface area contributed by atoms with E-state index >= 15 is 0 Å². The van der Waals surface area contributed by atoms with Crippen LogP contribution < -0.4 is 5.32 Å². The van der Waals surface area contributed by atoms with E-state index in [-0.39, 0.29) is 15.5 Å². The number of anilines is 1. The van der Waals surface area contributed by atoms with E-state index in [9.17, 15) is 13.5 Å². The molecule has 1 aromatic carbocycles. The van der Waals surface area contributed by atoms with E-state index in [4.69, 9.17) is 16.3 Å². The van der Waals surface area contributed by atoms with Crippen LogP contribution in [0.3, 0.4) is 0 Å². The van der Waals surface area contributed by atoms with E-state index in [0.29, 0.717) is 19.5 Å². The first-order valence-electron chi connectivity index (χ1n) is 9.18. The molecule has 2 bridgehead atoms. The summed E-state index contributed by atoms with van der Waals surface area (Å²) in [4.78, 5) is 0.0847. The van der Waals surface area contributed by atoms with Crippen molar-refractivity contribution in [3.05, 3.63) is 23.2 Å². The van der Waals surface area contributed by atoms with Crippen molar-refractivity contribution >= 4 is 27.3 Å². The van der Waals surface area contributed by atoms with Crippen LogP contribution in [-0.2, 0) is 14.8 Å². The van der Waals surface area contributed by atoms with Gasteiger partial charge in [-0.3, -0.25) is 0 Å². The Bertz CT molecular complexity index is 789. The third kappa shape index (κ3) is 3.14. The summed E-state index contributed by atoms with van der Waals surface area (Å²) in [7, 11) is -3.72. The van der Waals surface area contributed by atoms with Crippen molar-refractivity contribution in [2.24, 2.45) is 5.92 Å². The van der Waals surface area contributed by atoms with E-state index in [0.717, 1.165) is 37.5 Å². The summed E-state index contributed by atoms with van der Waals surface area (Å²) < 4.78 is 33.0. The van der Waals surface area contributed by atoms with Gasteiger partial charge in [-0.1, -0.05) is 11.6 Å². The van der Waals surface area contributed by atoms with Crippen LogP contribution in [0.15, 0.2) is 23.1 Å². The monoisotopic (exact) mass is 400 g/mol. The van der Waals surface area contributed by atoms with Gasteiger partial charge in [0.25, 0.3) is 0 Å². The highest BCUT2D eigenvalue weighted by Crippen LogP contribution is 2.47. The highest BCUT2D eigenvalue weighted by atomic mass is 35.5. The van der Waals surface area contributed by atoms with Crippen molar-refractivity contribution < 1.29 is 18.3 Å². The predicted octanol–water partition coefficient (Wildman–Crippen LogP) is 2.46. The van der Waals surface area contributed by atoms with Gasteiger partial charge in [0, 0.05) is 31.4 Å². The number of nitrogens with zero attached hydrogens (tertiary/aromatic N) is 1.